The predicted octanol–water partition coefficient (Wildman–Crippen LogP) is 2.32. The lowest BCUT2D eigenvalue weighted by atomic mass is 9.72. The van der Waals surface area contributed by atoms with E-state index in [1.165, 1.54) is 6.92 Å². The van der Waals surface area contributed by atoms with Crippen LogP contribution in [0.4, 0.5) is 0 Å². The third-order valence-electron chi connectivity index (χ3n) is 7.22. The summed E-state index contributed by atoms with van der Waals surface area (Å²) in [6, 6.07) is 3.53. The Morgan fingerprint density at radius 2 is 1.85 bits per heavy atom. The normalized spacial score (nSPS) is 20.2. The van der Waals surface area contributed by atoms with Crippen molar-refractivity contribution in [3.05, 3.63) is 28.8 Å². The number of carbonyl (C=O) groups is 3. The molecule has 3 atom stereocenters. The molecule has 0 bridgehead atoms. The van der Waals surface area contributed by atoms with Crippen LogP contribution in [0.3, 0.4) is 0 Å². The molecular formula is C26H42O8. The molecule has 8 heteroatoms. The van der Waals surface area contributed by atoms with Crippen LogP contribution in [0.1, 0.15) is 69.8 Å². The molecule has 0 spiro atoms. The van der Waals surface area contributed by atoms with E-state index in [2.05, 4.69) is 0 Å². The summed E-state index contributed by atoms with van der Waals surface area (Å²) in [7, 11) is 0. The largest absolute Gasteiger partial charge is 0.507 e. The molecule has 0 aromatic heterocycles. The van der Waals surface area contributed by atoms with Crippen LogP contribution in [0.15, 0.2) is 12.1 Å². The third-order valence-corrected chi connectivity index (χ3v) is 7.22. The fourth-order valence-electron chi connectivity index (χ4n) is 5.53. The molecule has 5 N–H and O–H groups in total. The van der Waals surface area contributed by atoms with E-state index in [1.807, 2.05) is 6.07 Å². The van der Waals surface area contributed by atoms with Crippen molar-refractivity contribution in [2.24, 2.45) is 23.7 Å². The van der Waals surface area contributed by atoms with Gasteiger partial charge in [0.1, 0.15) is 17.3 Å². The lowest BCUT2D eigenvalue weighted by Gasteiger charge is -2.32. The lowest BCUT2D eigenvalue weighted by molar-refractivity contribution is -0.131. The zero-order chi connectivity index (χ0) is 24.0. The van der Waals surface area contributed by atoms with Crippen molar-refractivity contribution in [1.82, 2.24) is 0 Å². The number of rotatable bonds is 11. The number of hydrogen-bond acceptors (Lipinski definition) is 7. The van der Waals surface area contributed by atoms with Crippen LogP contribution < -0.4 is 0 Å². The topological polar surface area (TPSA) is 153 Å². The zero-order valence-corrected chi connectivity index (χ0v) is 19.9. The van der Waals surface area contributed by atoms with Crippen molar-refractivity contribution in [3.63, 3.8) is 0 Å². The summed E-state index contributed by atoms with van der Waals surface area (Å²) in [6.07, 6.45) is 4.22. The van der Waals surface area contributed by atoms with Crippen molar-refractivity contribution in [3.8, 4) is 5.75 Å². The molecule has 1 aliphatic heterocycles. The number of ether oxygens (including phenoxy) is 1. The average molecular weight is 483 g/mol. The minimum absolute atomic E-state index is 0. The molecule has 2 aliphatic rings. The fraction of sp³-hybridized carbons (Fsp3) is 0.654. The van der Waals surface area contributed by atoms with Crippen LogP contribution in [0.5, 0.6) is 5.75 Å². The highest BCUT2D eigenvalue weighted by molar-refractivity contribution is 6.01. The van der Waals surface area contributed by atoms with Gasteiger partial charge in [0.15, 0.2) is 5.78 Å². The fourth-order valence-corrected chi connectivity index (χ4v) is 5.53. The van der Waals surface area contributed by atoms with Crippen LogP contribution >= 0.6 is 0 Å². The zero-order valence-electron chi connectivity index (χ0n) is 19.9. The highest BCUT2D eigenvalue weighted by Crippen LogP contribution is 2.39. The van der Waals surface area contributed by atoms with Crippen molar-refractivity contribution in [2.45, 2.75) is 58.3 Å². The maximum absolute atomic E-state index is 13.0. The van der Waals surface area contributed by atoms with Crippen molar-refractivity contribution in [2.75, 3.05) is 26.4 Å². The van der Waals surface area contributed by atoms with Gasteiger partial charge in [0.05, 0.1) is 18.6 Å². The first-order valence-electron chi connectivity index (χ1n) is 12.0. The first-order valence-corrected chi connectivity index (χ1v) is 12.0. The van der Waals surface area contributed by atoms with E-state index in [1.54, 1.807) is 6.07 Å². The van der Waals surface area contributed by atoms with E-state index in [0.29, 0.717) is 30.7 Å². The summed E-state index contributed by atoms with van der Waals surface area (Å²) in [5.74, 6) is -1.29. The van der Waals surface area contributed by atoms with E-state index in [4.69, 9.17) is 4.74 Å². The Kier molecular flexibility index (Phi) is 10.8. The molecule has 1 aromatic rings. The summed E-state index contributed by atoms with van der Waals surface area (Å²) in [4.78, 5) is 37.0. The number of aromatic hydroxyl groups is 1. The van der Waals surface area contributed by atoms with Gasteiger partial charge in [-0.2, -0.15) is 0 Å². The van der Waals surface area contributed by atoms with E-state index in [0.717, 1.165) is 43.6 Å². The summed E-state index contributed by atoms with van der Waals surface area (Å²) in [5.41, 5.74) is 2.39. The number of Topliss-reactive ketones (excluding diaryl/α,β-unsaturated/α-hetero) is 3. The molecule has 194 valence electrons. The summed E-state index contributed by atoms with van der Waals surface area (Å²) in [6.45, 7) is 2.31. The van der Waals surface area contributed by atoms with Gasteiger partial charge < -0.3 is 25.5 Å². The molecule has 1 saturated heterocycles. The average Bonchev–Trinajstić information content (AvgIpc) is 2.76. The second-order valence-corrected chi connectivity index (χ2v) is 9.70. The van der Waals surface area contributed by atoms with Crippen LogP contribution in [-0.4, -0.2) is 64.6 Å². The summed E-state index contributed by atoms with van der Waals surface area (Å²) >= 11 is 0. The van der Waals surface area contributed by atoms with E-state index >= 15 is 0 Å². The summed E-state index contributed by atoms with van der Waals surface area (Å²) < 4.78 is 5.46. The molecule has 1 fully saturated rings. The second kappa shape index (κ2) is 13.1. The molecule has 3 unspecified atom stereocenters. The van der Waals surface area contributed by atoms with Gasteiger partial charge >= 0.3 is 0 Å². The monoisotopic (exact) mass is 482 g/mol. The van der Waals surface area contributed by atoms with Crippen LogP contribution in [0.2, 0.25) is 0 Å². The highest BCUT2D eigenvalue weighted by atomic mass is 16.5. The number of fused-ring (bicyclic) bond motifs is 1. The SMILES string of the molecule is CC(=O)CC(=O)C(CO)C(CCO)CC1CC(=O)c2c(O)ccc(CC3CCOCC3)c2C1.O.[HH].[HH]. The molecule has 0 saturated carbocycles. The molecule has 34 heavy (non-hydrogen) atoms. The van der Waals surface area contributed by atoms with Gasteiger partial charge in [0, 0.05) is 35.0 Å². The first-order chi connectivity index (χ1) is 15.8. The van der Waals surface area contributed by atoms with Crippen molar-refractivity contribution < 1.29 is 42.8 Å². The maximum Gasteiger partial charge on any atom is 0.167 e. The maximum atomic E-state index is 13.0. The molecule has 1 heterocycles. The molecular weight excluding hydrogens is 440 g/mol. The van der Waals surface area contributed by atoms with Crippen molar-refractivity contribution in [1.29, 1.82) is 0 Å². The van der Waals surface area contributed by atoms with Crippen LogP contribution in [0.25, 0.3) is 0 Å². The second-order valence-electron chi connectivity index (χ2n) is 9.70. The molecule has 1 aliphatic carbocycles. The molecule has 8 nitrogen and oxygen atoms in total. The molecule has 3 rings (SSSR count). The molecule has 0 radical (unpaired) electrons. The minimum Gasteiger partial charge on any atom is -0.507 e. The highest BCUT2D eigenvalue weighted by Gasteiger charge is 2.35. The van der Waals surface area contributed by atoms with Gasteiger partial charge in [0.2, 0.25) is 0 Å². The number of carbonyl (C=O) groups excluding carboxylic acids is 3. The van der Waals surface area contributed by atoms with Crippen molar-refractivity contribution >= 4 is 17.3 Å². The van der Waals surface area contributed by atoms with E-state index in [9.17, 15) is 29.7 Å². The Hall–Kier alpha value is -2.13. The Balaban J connectivity index is 0.00000408. The smallest absolute Gasteiger partial charge is 0.167 e. The number of hydrogen-bond donors (Lipinski definition) is 3. The van der Waals surface area contributed by atoms with Gasteiger partial charge in [0.25, 0.3) is 0 Å². The predicted molar refractivity (Wildman–Crippen MR) is 130 cm³/mol. The number of benzene rings is 1. The number of phenols is 1. The van der Waals surface area contributed by atoms with Gasteiger partial charge in [-0.05, 0) is 80.4 Å². The number of aliphatic hydroxyl groups is 2. The molecule has 0 amide bonds. The molecule has 1 aromatic carbocycles. The Labute approximate surface area is 203 Å². The van der Waals surface area contributed by atoms with Gasteiger partial charge in [-0.3, -0.25) is 14.4 Å². The van der Waals surface area contributed by atoms with Gasteiger partial charge in [-0.1, -0.05) is 6.07 Å². The number of ketones is 3. The lowest BCUT2D eigenvalue weighted by Crippen LogP contribution is -2.32. The van der Waals surface area contributed by atoms with Gasteiger partial charge in [-0.25, -0.2) is 0 Å². The number of phenolic OH excluding ortho intramolecular Hbond substituents is 1. The first kappa shape index (κ1) is 28.1. The Bertz CT molecular complexity index is 870. The summed E-state index contributed by atoms with van der Waals surface area (Å²) in [5, 5.41) is 29.9. The van der Waals surface area contributed by atoms with Crippen LogP contribution in [-0.2, 0) is 27.2 Å². The van der Waals surface area contributed by atoms with E-state index in [-0.39, 0.29) is 69.3 Å². The standard InChI is InChI=1S/C26H36O7.H2O.2H2/c1-16(29)10-24(31)22(15-28)20(4-7-27)12-18-13-21-19(11-17-5-8-33-9-6-17)2-3-23(30)26(21)25(32)14-18;;;/h2-3,17-18,20,22,27-28,30H,4-15H2,1H3;1H2;2*1H. The third kappa shape index (κ3) is 6.95. The van der Waals surface area contributed by atoms with Crippen LogP contribution in [0, 0.1) is 23.7 Å². The number of aliphatic hydroxyl groups excluding tert-OH is 2. The Morgan fingerprint density at radius 1 is 1.15 bits per heavy atom. The van der Waals surface area contributed by atoms with E-state index < -0.39 is 5.92 Å². The van der Waals surface area contributed by atoms with Gasteiger partial charge in [-0.15, -0.1) is 0 Å². The minimum atomic E-state index is -0.733. The quantitative estimate of drug-likeness (QED) is 0.409. The Morgan fingerprint density at radius 3 is 2.47 bits per heavy atom.